The van der Waals surface area contributed by atoms with Crippen molar-refractivity contribution in [2.45, 2.75) is 45.7 Å². The number of rotatable bonds is 4. The topological polar surface area (TPSA) is 15.3 Å². The maximum atomic E-state index is 13.1. The zero-order valence-electron chi connectivity index (χ0n) is 12.2. The molecule has 0 spiro atoms. The number of hydrogen-bond donors (Lipinski definition) is 1. The smallest absolute Gasteiger partial charge is 0.123 e. The molecule has 19 heavy (non-hydrogen) atoms. The molecule has 0 aromatic heterocycles. The Balaban J connectivity index is 2.17. The molecular formula is C16H25FN2. The van der Waals surface area contributed by atoms with E-state index in [9.17, 15) is 4.39 Å². The summed E-state index contributed by atoms with van der Waals surface area (Å²) in [5.74, 6) is 0.421. The Kier molecular flexibility index (Phi) is 4.81. The Morgan fingerprint density at radius 2 is 2.00 bits per heavy atom. The summed E-state index contributed by atoms with van der Waals surface area (Å²) < 4.78 is 13.1. The van der Waals surface area contributed by atoms with Crippen molar-refractivity contribution >= 4 is 5.69 Å². The van der Waals surface area contributed by atoms with Gasteiger partial charge in [-0.2, -0.15) is 0 Å². The second-order valence-corrected chi connectivity index (χ2v) is 5.83. The summed E-state index contributed by atoms with van der Waals surface area (Å²) in [5, 5.41) is 3.65. The van der Waals surface area contributed by atoms with E-state index in [0.29, 0.717) is 18.0 Å². The van der Waals surface area contributed by atoms with Gasteiger partial charge in [0.2, 0.25) is 0 Å². The zero-order valence-corrected chi connectivity index (χ0v) is 12.2. The maximum Gasteiger partial charge on any atom is 0.123 e. The molecule has 2 unspecified atom stereocenters. The Morgan fingerprint density at radius 3 is 2.58 bits per heavy atom. The lowest BCUT2D eigenvalue weighted by atomic mass is 9.96. The molecular weight excluding hydrogens is 239 g/mol. The standard InChI is InChI=1S/C16H25FN2/c1-4-5-14-11-19(16(10-18-14)12(2)3)15-8-6-13(17)7-9-15/h6-9,12,14,16,18H,4-5,10-11H2,1-3H3. The van der Waals surface area contributed by atoms with Crippen LogP contribution in [0.15, 0.2) is 24.3 Å². The minimum atomic E-state index is -0.162. The van der Waals surface area contributed by atoms with Gasteiger partial charge >= 0.3 is 0 Å². The van der Waals surface area contributed by atoms with Crippen LogP contribution in [0.25, 0.3) is 0 Å². The van der Waals surface area contributed by atoms with Gasteiger partial charge in [-0.3, -0.25) is 0 Å². The summed E-state index contributed by atoms with van der Waals surface area (Å²) in [5.41, 5.74) is 1.14. The summed E-state index contributed by atoms with van der Waals surface area (Å²) in [4.78, 5) is 2.45. The summed E-state index contributed by atoms with van der Waals surface area (Å²) in [6.07, 6.45) is 2.39. The van der Waals surface area contributed by atoms with Crippen LogP contribution < -0.4 is 10.2 Å². The van der Waals surface area contributed by atoms with Crippen LogP contribution in [0.2, 0.25) is 0 Å². The molecule has 2 nitrogen and oxygen atoms in total. The van der Waals surface area contributed by atoms with Crippen molar-refractivity contribution < 1.29 is 4.39 Å². The van der Waals surface area contributed by atoms with Crippen molar-refractivity contribution in [3.05, 3.63) is 30.1 Å². The highest BCUT2D eigenvalue weighted by Crippen LogP contribution is 2.24. The second kappa shape index (κ2) is 6.38. The van der Waals surface area contributed by atoms with Gasteiger partial charge in [-0.15, -0.1) is 0 Å². The highest BCUT2D eigenvalue weighted by molar-refractivity contribution is 5.48. The number of halogens is 1. The summed E-state index contributed by atoms with van der Waals surface area (Å²) in [6.45, 7) is 8.76. The minimum Gasteiger partial charge on any atom is -0.365 e. The van der Waals surface area contributed by atoms with E-state index in [-0.39, 0.29) is 5.82 Å². The first-order valence-corrected chi connectivity index (χ1v) is 7.37. The predicted molar refractivity (Wildman–Crippen MR) is 79.1 cm³/mol. The Labute approximate surface area is 116 Å². The molecule has 3 heteroatoms. The van der Waals surface area contributed by atoms with Gasteiger partial charge in [0.05, 0.1) is 0 Å². The van der Waals surface area contributed by atoms with E-state index in [1.807, 2.05) is 12.1 Å². The quantitative estimate of drug-likeness (QED) is 0.896. The monoisotopic (exact) mass is 264 g/mol. The normalized spacial score (nSPS) is 23.9. The van der Waals surface area contributed by atoms with Gasteiger partial charge in [0, 0.05) is 30.9 Å². The molecule has 1 fully saturated rings. The molecule has 0 amide bonds. The molecule has 1 saturated heterocycles. The molecule has 0 bridgehead atoms. The second-order valence-electron chi connectivity index (χ2n) is 5.83. The van der Waals surface area contributed by atoms with Crippen LogP contribution in [0.1, 0.15) is 33.6 Å². The number of anilines is 1. The third kappa shape index (κ3) is 3.47. The molecule has 1 aliphatic rings. The van der Waals surface area contributed by atoms with Crippen molar-refractivity contribution in [1.82, 2.24) is 5.32 Å². The lowest BCUT2D eigenvalue weighted by Crippen LogP contribution is -2.58. The Bertz CT molecular complexity index is 388. The number of piperazine rings is 1. The fraction of sp³-hybridized carbons (Fsp3) is 0.625. The van der Waals surface area contributed by atoms with Crippen molar-refractivity contribution in [2.24, 2.45) is 5.92 Å². The van der Waals surface area contributed by atoms with Gasteiger partial charge in [0.15, 0.2) is 0 Å². The highest BCUT2D eigenvalue weighted by Gasteiger charge is 2.29. The average molecular weight is 264 g/mol. The molecule has 1 aromatic carbocycles. The summed E-state index contributed by atoms with van der Waals surface area (Å²) in [6, 6.07) is 7.95. The SMILES string of the molecule is CCCC1CN(c2ccc(F)cc2)C(C(C)C)CN1. The Hall–Kier alpha value is -1.09. The molecule has 1 aliphatic heterocycles. The molecule has 2 rings (SSSR count). The van der Waals surface area contributed by atoms with E-state index >= 15 is 0 Å². The molecule has 0 saturated carbocycles. The zero-order chi connectivity index (χ0) is 13.8. The first-order valence-electron chi connectivity index (χ1n) is 7.37. The van der Waals surface area contributed by atoms with Gasteiger partial charge < -0.3 is 10.2 Å². The van der Waals surface area contributed by atoms with Crippen molar-refractivity contribution in [3.8, 4) is 0 Å². The van der Waals surface area contributed by atoms with E-state index in [1.165, 1.54) is 12.8 Å². The predicted octanol–water partition coefficient (Wildman–Crippen LogP) is 3.43. The van der Waals surface area contributed by atoms with Gasteiger partial charge in [-0.1, -0.05) is 27.2 Å². The third-order valence-corrected chi connectivity index (χ3v) is 4.00. The number of hydrogen-bond acceptors (Lipinski definition) is 2. The van der Waals surface area contributed by atoms with Gasteiger partial charge in [0.1, 0.15) is 5.82 Å². The number of benzene rings is 1. The van der Waals surface area contributed by atoms with Gasteiger partial charge in [-0.05, 0) is 36.6 Å². The summed E-state index contributed by atoms with van der Waals surface area (Å²) in [7, 11) is 0. The van der Waals surface area contributed by atoms with E-state index in [2.05, 4.69) is 31.0 Å². The van der Waals surface area contributed by atoms with E-state index in [1.54, 1.807) is 12.1 Å². The van der Waals surface area contributed by atoms with Crippen LogP contribution in [0.4, 0.5) is 10.1 Å². The van der Waals surface area contributed by atoms with E-state index in [4.69, 9.17) is 0 Å². The van der Waals surface area contributed by atoms with E-state index in [0.717, 1.165) is 18.8 Å². The molecule has 1 N–H and O–H groups in total. The first-order chi connectivity index (χ1) is 9.11. The number of nitrogens with one attached hydrogen (secondary N) is 1. The van der Waals surface area contributed by atoms with Crippen molar-refractivity contribution in [1.29, 1.82) is 0 Å². The van der Waals surface area contributed by atoms with Gasteiger partial charge in [0.25, 0.3) is 0 Å². The van der Waals surface area contributed by atoms with Crippen molar-refractivity contribution in [3.63, 3.8) is 0 Å². The minimum absolute atomic E-state index is 0.162. The van der Waals surface area contributed by atoms with Crippen molar-refractivity contribution in [2.75, 3.05) is 18.0 Å². The third-order valence-electron chi connectivity index (χ3n) is 4.00. The molecule has 1 heterocycles. The fourth-order valence-corrected chi connectivity index (χ4v) is 2.90. The van der Waals surface area contributed by atoms with E-state index < -0.39 is 0 Å². The van der Waals surface area contributed by atoms with Crippen LogP contribution in [-0.4, -0.2) is 25.2 Å². The Morgan fingerprint density at radius 1 is 1.32 bits per heavy atom. The lowest BCUT2D eigenvalue weighted by Gasteiger charge is -2.44. The molecule has 0 radical (unpaired) electrons. The first kappa shape index (κ1) is 14.3. The maximum absolute atomic E-state index is 13.1. The summed E-state index contributed by atoms with van der Waals surface area (Å²) >= 11 is 0. The van der Waals surface area contributed by atoms with Crippen LogP contribution in [0.5, 0.6) is 0 Å². The molecule has 2 atom stereocenters. The highest BCUT2D eigenvalue weighted by atomic mass is 19.1. The van der Waals surface area contributed by atoms with Crippen LogP contribution in [0.3, 0.4) is 0 Å². The molecule has 106 valence electrons. The van der Waals surface area contributed by atoms with Crippen LogP contribution in [-0.2, 0) is 0 Å². The number of nitrogens with zero attached hydrogens (tertiary/aromatic N) is 1. The van der Waals surface area contributed by atoms with Gasteiger partial charge in [-0.25, -0.2) is 4.39 Å². The van der Waals surface area contributed by atoms with Crippen LogP contribution in [0, 0.1) is 11.7 Å². The average Bonchev–Trinajstić information content (AvgIpc) is 2.39. The van der Waals surface area contributed by atoms with Crippen LogP contribution >= 0.6 is 0 Å². The molecule has 0 aliphatic carbocycles. The largest absolute Gasteiger partial charge is 0.365 e. The fourth-order valence-electron chi connectivity index (χ4n) is 2.90. The molecule has 1 aromatic rings. The lowest BCUT2D eigenvalue weighted by molar-refractivity contribution is 0.327.